The van der Waals surface area contributed by atoms with Crippen molar-refractivity contribution < 1.29 is 4.39 Å². The first-order valence-corrected chi connectivity index (χ1v) is 2.32. The number of halogens is 3. The van der Waals surface area contributed by atoms with Crippen molar-refractivity contribution >= 4 is 23.2 Å². The first-order valence-electron chi connectivity index (χ1n) is 1.57. The number of hydrogen-bond donors (Lipinski definition) is 0. The van der Waals surface area contributed by atoms with Crippen LogP contribution in [0.15, 0.2) is 16.0 Å². The largest absolute Gasteiger partial charge is 0.203 e. The van der Waals surface area contributed by atoms with Crippen molar-refractivity contribution in [3.63, 3.8) is 0 Å². The zero-order chi connectivity index (χ0) is 5.86. The molecule has 0 spiro atoms. The van der Waals surface area contributed by atoms with Gasteiger partial charge in [0.2, 0.25) is 0 Å². The van der Waals surface area contributed by atoms with Gasteiger partial charge in [-0.2, -0.15) is 0 Å². The summed E-state index contributed by atoms with van der Waals surface area (Å²) in [5.74, 6) is -0.514. The Bertz CT molecular complexity index is 102. The summed E-state index contributed by atoms with van der Waals surface area (Å²) in [4.78, 5) is 0. The lowest BCUT2D eigenvalue weighted by atomic mass is 10.6. The number of hydrogen-bond acceptors (Lipinski definition) is 0. The molecule has 0 aliphatic carbocycles. The van der Waals surface area contributed by atoms with Crippen LogP contribution in [0.3, 0.4) is 0 Å². The van der Waals surface area contributed by atoms with Crippen molar-refractivity contribution in [2.24, 2.45) is 0 Å². The van der Waals surface area contributed by atoms with Crippen molar-refractivity contribution in [2.75, 3.05) is 0 Å². The van der Waals surface area contributed by atoms with Gasteiger partial charge < -0.3 is 0 Å². The van der Waals surface area contributed by atoms with Crippen LogP contribution in [0.1, 0.15) is 6.92 Å². The molecule has 7 heavy (non-hydrogen) atoms. The second-order valence-electron chi connectivity index (χ2n) is 0.919. The number of allylic oxidation sites excluding steroid dienone is 1. The second-order valence-corrected chi connectivity index (χ2v) is 1.87. The van der Waals surface area contributed by atoms with E-state index in [4.69, 9.17) is 23.2 Å². The predicted octanol–water partition coefficient (Wildman–Crippen LogP) is 2.78. The van der Waals surface area contributed by atoms with Gasteiger partial charge in [-0.3, -0.25) is 0 Å². The third-order valence-electron chi connectivity index (χ3n) is 0.267. The van der Waals surface area contributed by atoms with Crippen LogP contribution in [0, 0.1) is 0 Å². The van der Waals surface area contributed by atoms with Gasteiger partial charge >= 0.3 is 0 Å². The summed E-state index contributed by atoms with van der Waals surface area (Å²) in [7, 11) is 0. The van der Waals surface area contributed by atoms with Crippen molar-refractivity contribution in [3.05, 3.63) is 16.0 Å². The van der Waals surface area contributed by atoms with Gasteiger partial charge in [-0.25, -0.2) is 4.39 Å². The van der Waals surface area contributed by atoms with Crippen LogP contribution in [-0.4, -0.2) is 0 Å². The Kier molecular flexibility index (Phi) is 3.10. The summed E-state index contributed by atoms with van der Waals surface area (Å²) >= 11 is 9.97. The Morgan fingerprint density at radius 2 is 2.00 bits per heavy atom. The van der Waals surface area contributed by atoms with Crippen molar-refractivity contribution in [3.8, 4) is 0 Å². The Morgan fingerprint density at radius 3 is 2.00 bits per heavy atom. The smallest absolute Gasteiger partial charge is 0.151 e. The normalized spacial score (nSPS) is 7.43. The second kappa shape index (κ2) is 3.09. The molecule has 40 valence electrons. The fourth-order valence-corrected chi connectivity index (χ4v) is 0.391. The van der Waals surface area contributed by atoms with E-state index >= 15 is 0 Å². The first kappa shape index (κ1) is 7.03. The average molecular weight is 141 g/mol. The molecule has 0 N–H and O–H groups in total. The summed E-state index contributed by atoms with van der Waals surface area (Å²) in [5, 5.41) is 0. The van der Waals surface area contributed by atoms with E-state index in [1.54, 1.807) is 0 Å². The van der Waals surface area contributed by atoms with Gasteiger partial charge in [0, 0.05) is 0 Å². The lowest BCUT2D eigenvalue weighted by Crippen LogP contribution is -1.49. The van der Waals surface area contributed by atoms with Gasteiger partial charge in [0.15, 0.2) is 4.49 Å². The standard InChI is InChI=1S/C4H3Cl2F/c1-3(7)2-4(5)6/h1H3. The Balaban J connectivity index is 4.13. The molecule has 0 aromatic heterocycles. The zero-order valence-corrected chi connectivity index (χ0v) is 5.15. The number of rotatable bonds is 0. The quantitative estimate of drug-likeness (QED) is 0.455. The maximum absolute atomic E-state index is 11.6. The summed E-state index contributed by atoms with van der Waals surface area (Å²) in [5.41, 5.74) is 2.00. The third kappa shape index (κ3) is 6.03. The molecule has 0 bridgehead atoms. The van der Waals surface area contributed by atoms with E-state index in [1.807, 2.05) is 5.73 Å². The molecule has 0 unspecified atom stereocenters. The average Bonchev–Trinajstić information content (AvgIpc) is 1.27. The molecule has 3 heteroatoms. The van der Waals surface area contributed by atoms with Crippen molar-refractivity contribution in [1.29, 1.82) is 0 Å². The van der Waals surface area contributed by atoms with Crippen LogP contribution in [-0.2, 0) is 0 Å². The fraction of sp³-hybridized carbons (Fsp3) is 0.250. The molecular formula is C4H3Cl2F. The molecule has 0 aliphatic rings. The maximum Gasteiger partial charge on any atom is 0.151 e. The Hall–Kier alpha value is 0.0300. The minimum Gasteiger partial charge on any atom is -0.203 e. The topological polar surface area (TPSA) is 0 Å². The highest BCUT2D eigenvalue weighted by Gasteiger charge is 1.78. The lowest BCUT2D eigenvalue weighted by molar-refractivity contribution is 0.643. The molecule has 0 rings (SSSR count). The lowest BCUT2D eigenvalue weighted by Gasteiger charge is -1.70. The molecule has 0 atom stereocenters. The molecule has 0 radical (unpaired) electrons. The van der Waals surface area contributed by atoms with Crippen molar-refractivity contribution in [1.82, 2.24) is 0 Å². The van der Waals surface area contributed by atoms with E-state index < -0.39 is 5.83 Å². The highest BCUT2D eigenvalue weighted by molar-refractivity contribution is 6.55. The van der Waals surface area contributed by atoms with E-state index in [2.05, 4.69) is 0 Å². The van der Waals surface area contributed by atoms with Gasteiger partial charge in [-0.15, -0.1) is 0 Å². The van der Waals surface area contributed by atoms with Gasteiger partial charge in [0.05, 0.1) is 0 Å². The molecule has 0 aromatic rings. The molecule has 0 fully saturated rings. The first-order chi connectivity index (χ1) is 3.13. The molecule has 0 nitrogen and oxygen atoms in total. The third-order valence-corrected chi connectivity index (χ3v) is 0.456. The monoisotopic (exact) mass is 140 g/mol. The van der Waals surface area contributed by atoms with Gasteiger partial charge in [0.25, 0.3) is 0 Å². The van der Waals surface area contributed by atoms with Crippen LogP contribution >= 0.6 is 23.2 Å². The van der Waals surface area contributed by atoms with E-state index in [0.29, 0.717) is 0 Å². The van der Waals surface area contributed by atoms with Crippen LogP contribution in [0.2, 0.25) is 0 Å². The van der Waals surface area contributed by atoms with E-state index in [0.717, 1.165) is 0 Å². The molecule has 0 aromatic carbocycles. The minimum atomic E-state index is -0.514. The summed E-state index contributed by atoms with van der Waals surface area (Å²) in [6.45, 7) is 1.21. The van der Waals surface area contributed by atoms with Crippen LogP contribution in [0.4, 0.5) is 4.39 Å². The van der Waals surface area contributed by atoms with Crippen LogP contribution in [0.25, 0.3) is 0 Å². The molecule has 0 saturated heterocycles. The van der Waals surface area contributed by atoms with E-state index in [9.17, 15) is 4.39 Å². The molecule has 0 heterocycles. The predicted molar refractivity (Wildman–Crippen MR) is 29.0 cm³/mol. The van der Waals surface area contributed by atoms with Crippen LogP contribution < -0.4 is 0 Å². The van der Waals surface area contributed by atoms with Gasteiger partial charge in [-0.05, 0) is 6.92 Å². The summed E-state index contributed by atoms with van der Waals surface area (Å²) in [6, 6.07) is 0. The highest BCUT2D eigenvalue weighted by Crippen LogP contribution is 2.05. The van der Waals surface area contributed by atoms with E-state index in [-0.39, 0.29) is 4.49 Å². The molecule has 0 saturated carbocycles. The highest BCUT2D eigenvalue weighted by atomic mass is 35.5. The molecular weight excluding hydrogens is 138 g/mol. The van der Waals surface area contributed by atoms with E-state index in [1.165, 1.54) is 6.92 Å². The Morgan fingerprint density at radius 1 is 1.57 bits per heavy atom. The summed E-state index contributed by atoms with van der Waals surface area (Å²) < 4.78 is 11.4. The van der Waals surface area contributed by atoms with Gasteiger partial charge in [-0.1, -0.05) is 28.9 Å². The molecule has 0 aliphatic heterocycles. The molecule has 0 amide bonds. The minimum absolute atomic E-state index is 0.181. The Labute approximate surface area is 51.2 Å². The van der Waals surface area contributed by atoms with Gasteiger partial charge in [0.1, 0.15) is 5.83 Å². The van der Waals surface area contributed by atoms with Crippen LogP contribution in [0.5, 0.6) is 0 Å². The van der Waals surface area contributed by atoms with Crippen molar-refractivity contribution in [2.45, 2.75) is 6.92 Å². The fourth-order valence-electron chi connectivity index (χ4n) is 0.130. The summed E-state index contributed by atoms with van der Waals surface area (Å²) in [6.07, 6.45) is 0. The zero-order valence-electron chi connectivity index (χ0n) is 3.63. The maximum atomic E-state index is 11.6. The SMILES string of the molecule is CC(F)=C=C(Cl)Cl.